The summed E-state index contributed by atoms with van der Waals surface area (Å²) in [5.74, 6) is 0.718. The normalized spacial score (nSPS) is 12.3. The van der Waals surface area contributed by atoms with Gasteiger partial charge in [0.1, 0.15) is 11.6 Å². The highest BCUT2D eigenvalue weighted by Gasteiger charge is 2.16. The van der Waals surface area contributed by atoms with Gasteiger partial charge in [0.2, 0.25) is 0 Å². The summed E-state index contributed by atoms with van der Waals surface area (Å²) in [7, 11) is 0. The second-order valence-corrected chi connectivity index (χ2v) is 5.89. The molecule has 2 aromatic rings. The van der Waals surface area contributed by atoms with Crippen molar-refractivity contribution >= 4 is 39.3 Å². The molecular formula is C12H14BrN5S. The first-order valence-corrected chi connectivity index (χ1v) is 7.28. The first-order valence-electron chi connectivity index (χ1n) is 5.61. The Labute approximate surface area is 124 Å². The number of anilines is 2. The Kier molecular flexibility index (Phi) is 4.62. The Balaban J connectivity index is 2.26. The first-order chi connectivity index (χ1) is 9.10. The van der Waals surface area contributed by atoms with Gasteiger partial charge in [-0.05, 0) is 11.6 Å². The lowest BCUT2D eigenvalue weighted by molar-refractivity contribution is 0.911. The minimum atomic E-state index is 0.0387. The van der Waals surface area contributed by atoms with Crippen molar-refractivity contribution in [1.82, 2.24) is 9.97 Å². The van der Waals surface area contributed by atoms with Crippen molar-refractivity contribution in [1.29, 1.82) is 0 Å². The van der Waals surface area contributed by atoms with E-state index in [1.807, 2.05) is 24.3 Å². The monoisotopic (exact) mass is 339 g/mol. The van der Waals surface area contributed by atoms with E-state index in [0.717, 1.165) is 10.0 Å². The van der Waals surface area contributed by atoms with Crippen LogP contribution in [0.4, 0.5) is 11.6 Å². The first kappa shape index (κ1) is 14.1. The molecule has 2 rings (SSSR count). The van der Waals surface area contributed by atoms with Crippen LogP contribution in [0.1, 0.15) is 10.8 Å². The molecule has 0 bridgehead atoms. The number of nitrogen functional groups attached to an aromatic ring is 2. The van der Waals surface area contributed by atoms with E-state index < -0.39 is 0 Å². The molecule has 0 saturated carbocycles. The van der Waals surface area contributed by atoms with E-state index >= 15 is 0 Å². The lowest BCUT2D eigenvalue weighted by Gasteiger charge is -2.15. The van der Waals surface area contributed by atoms with E-state index in [0.29, 0.717) is 23.3 Å². The molecule has 1 aromatic carbocycles. The molecule has 0 aliphatic rings. The quantitative estimate of drug-likeness (QED) is 0.582. The molecule has 0 fully saturated rings. The SMILES string of the molecule is NCC(Sc1nc(N)cc(N)n1)c1ccccc1Br. The minimum Gasteiger partial charge on any atom is -0.383 e. The number of thioether (sulfide) groups is 1. The second kappa shape index (κ2) is 6.23. The zero-order chi connectivity index (χ0) is 13.8. The number of benzene rings is 1. The van der Waals surface area contributed by atoms with Crippen molar-refractivity contribution < 1.29 is 0 Å². The topological polar surface area (TPSA) is 104 Å². The van der Waals surface area contributed by atoms with Crippen LogP contribution in [-0.2, 0) is 0 Å². The van der Waals surface area contributed by atoms with Crippen LogP contribution in [0.25, 0.3) is 0 Å². The average molecular weight is 340 g/mol. The zero-order valence-corrected chi connectivity index (χ0v) is 12.5. The molecular weight excluding hydrogens is 326 g/mol. The average Bonchev–Trinajstić information content (AvgIpc) is 2.36. The minimum absolute atomic E-state index is 0.0387. The van der Waals surface area contributed by atoms with Gasteiger partial charge >= 0.3 is 0 Å². The van der Waals surface area contributed by atoms with Crippen molar-refractivity contribution in [2.75, 3.05) is 18.0 Å². The van der Waals surface area contributed by atoms with Crippen LogP contribution in [-0.4, -0.2) is 16.5 Å². The van der Waals surface area contributed by atoms with Crippen molar-refractivity contribution in [3.63, 3.8) is 0 Å². The summed E-state index contributed by atoms with van der Waals surface area (Å²) >= 11 is 4.97. The Bertz CT molecular complexity index is 558. The zero-order valence-electron chi connectivity index (χ0n) is 10.1. The van der Waals surface area contributed by atoms with Gasteiger partial charge in [0.15, 0.2) is 5.16 Å². The molecule has 1 unspecified atom stereocenters. The maximum atomic E-state index is 5.84. The summed E-state index contributed by atoms with van der Waals surface area (Å²) in [4.78, 5) is 8.31. The number of nitrogens with two attached hydrogens (primary N) is 3. The summed E-state index contributed by atoms with van der Waals surface area (Å²) in [6, 6.07) is 9.45. The third-order valence-corrected chi connectivity index (χ3v) is 4.31. The lowest BCUT2D eigenvalue weighted by Crippen LogP contribution is -2.11. The molecule has 0 aliphatic heterocycles. The molecule has 0 spiro atoms. The van der Waals surface area contributed by atoms with Gasteiger partial charge in [0.05, 0.1) is 5.25 Å². The summed E-state index contributed by atoms with van der Waals surface area (Å²) in [6.07, 6.45) is 0. The largest absolute Gasteiger partial charge is 0.383 e. The smallest absolute Gasteiger partial charge is 0.192 e. The van der Waals surface area contributed by atoms with E-state index in [-0.39, 0.29) is 5.25 Å². The number of hydrogen-bond acceptors (Lipinski definition) is 6. The second-order valence-electron chi connectivity index (χ2n) is 3.86. The summed E-state index contributed by atoms with van der Waals surface area (Å²) in [5.41, 5.74) is 18.3. The highest BCUT2D eigenvalue weighted by atomic mass is 79.9. The molecule has 7 heteroatoms. The Morgan fingerprint density at radius 3 is 2.37 bits per heavy atom. The van der Waals surface area contributed by atoms with Gasteiger partial charge in [0.25, 0.3) is 0 Å². The molecule has 1 atom stereocenters. The highest BCUT2D eigenvalue weighted by Crippen LogP contribution is 2.36. The molecule has 1 aromatic heterocycles. The van der Waals surface area contributed by atoms with Gasteiger partial charge in [-0.3, -0.25) is 0 Å². The van der Waals surface area contributed by atoms with Crippen molar-refractivity contribution in [3.8, 4) is 0 Å². The van der Waals surface area contributed by atoms with Gasteiger partial charge < -0.3 is 17.2 Å². The molecule has 0 saturated heterocycles. The van der Waals surface area contributed by atoms with Crippen LogP contribution in [0.3, 0.4) is 0 Å². The molecule has 0 radical (unpaired) electrons. The Hall–Kier alpha value is -1.31. The molecule has 1 heterocycles. The van der Waals surface area contributed by atoms with Gasteiger partial charge in [-0.2, -0.15) is 0 Å². The van der Waals surface area contributed by atoms with E-state index in [9.17, 15) is 0 Å². The third kappa shape index (κ3) is 3.59. The van der Waals surface area contributed by atoms with Crippen LogP contribution < -0.4 is 17.2 Å². The lowest BCUT2D eigenvalue weighted by atomic mass is 10.1. The molecule has 6 N–H and O–H groups in total. The fourth-order valence-electron chi connectivity index (χ4n) is 1.62. The maximum absolute atomic E-state index is 5.84. The van der Waals surface area contributed by atoms with Crippen molar-refractivity contribution in [3.05, 3.63) is 40.4 Å². The van der Waals surface area contributed by atoms with Crippen molar-refractivity contribution in [2.24, 2.45) is 5.73 Å². The number of hydrogen-bond donors (Lipinski definition) is 3. The number of aromatic nitrogens is 2. The third-order valence-electron chi connectivity index (χ3n) is 2.46. The van der Waals surface area contributed by atoms with E-state index in [1.165, 1.54) is 17.8 Å². The van der Waals surface area contributed by atoms with E-state index in [1.54, 1.807) is 0 Å². The fourth-order valence-corrected chi connectivity index (χ4v) is 3.33. The predicted molar refractivity (Wildman–Crippen MR) is 82.7 cm³/mol. The van der Waals surface area contributed by atoms with Crippen LogP contribution in [0.5, 0.6) is 0 Å². The number of nitrogens with zero attached hydrogens (tertiary/aromatic N) is 2. The van der Waals surface area contributed by atoms with E-state index in [4.69, 9.17) is 17.2 Å². The van der Waals surface area contributed by atoms with Gasteiger partial charge in [-0.25, -0.2) is 9.97 Å². The van der Waals surface area contributed by atoms with Gasteiger partial charge in [-0.15, -0.1) is 0 Å². The van der Waals surface area contributed by atoms with Crippen LogP contribution >= 0.6 is 27.7 Å². The fraction of sp³-hybridized carbons (Fsp3) is 0.167. The van der Waals surface area contributed by atoms with Crippen LogP contribution in [0.2, 0.25) is 0 Å². The predicted octanol–water partition coefficient (Wildman–Crippen LogP) is 2.20. The molecule has 19 heavy (non-hydrogen) atoms. The molecule has 0 aliphatic carbocycles. The Morgan fingerprint density at radius 1 is 1.16 bits per heavy atom. The standard InChI is InChI=1S/C12H14BrN5S/c13-8-4-2-1-3-7(8)9(6-14)19-12-17-10(15)5-11(16)18-12/h1-5,9H,6,14H2,(H4,15,16,17,18). The number of rotatable bonds is 4. The molecule has 100 valence electrons. The Morgan fingerprint density at radius 2 is 1.79 bits per heavy atom. The van der Waals surface area contributed by atoms with E-state index in [2.05, 4.69) is 25.9 Å². The van der Waals surface area contributed by atoms with Crippen LogP contribution in [0, 0.1) is 0 Å². The maximum Gasteiger partial charge on any atom is 0.192 e. The molecule has 0 amide bonds. The number of halogens is 1. The van der Waals surface area contributed by atoms with Crippen molar-refractivity contribution in [2.45, 2.75) is 10.4 Å². The van der Waals surface area contributed by atoms with Crippen LogP contribution in [0.15, 0.2) is 40.0 Å². The summed E-state index contributed by atoms with van der Waals surface area (Å²) in [6.45, 7) is 0.464. The van der Waals surface area contributed by atoms with Gasteiger partial charge in [-0.1, -0.05) is 45.9 Å². The summed E-state index contributed by atoms with van der Waals surface area (Å²) in [5, 5.41) is 0.570. The summed E-state index contributed by atoms with van der Waals surface area (Å²) < 4.78 is 1.01. The van der Waals surface area contributed by atoms with Gasteiger partial charge in [0, 0.05) is 17.1 Å². The molecule has 5 nitrogen and oxygen atoms in total. The highest BCUT2D eigenvalue weighted by molar-refractivity contribution is 9.10.